The first-order valence-corrected chi connectivity index (χ1v) is 35.5. The van der Waals surface area contributed by atoms with Crippen molar-refractivity contribution in [2.75, 3.05) is 337 Å². The number of rotatable bonds is 83. The molecule has 2 fully saturated rings. The minimum atomic E-state index is -0.720. The number of azide groups is 1. The lowest BCUT2D eigenvalue weighted by Crippen LogP contribution is -2.37. The topological polar surface area (TPSA) is 418 Å². The summed E-state index contributed by atoms with van der Waals surface area (Å²) in [5.74, 6) is -3.66. The van der Waals surface area contributed by atoms with Crippen molar-refractivity contribution in [2.24, 2.45) is 5.11 Å². The fraction of sp³-hybridized carbons (Fsp3) is 0.892. The minimum absolute atomic E-state index is 0.0372. The lowest BCUT2D eigenvalue weighted by molar-refractivity contribution is -0.198. The van der Waals surface area contributed by atoms with Crippen molar-refractivity contribution in [2.45, 2.75) is 44.9 Å². The Morgan fingerprint density at radius 1 is 0.269 bits per heavy atom. The third-order valence-electron chi connectivity index (χ3n) is 13.3. The van der Waals surface area contributed by atoms with Gasteiger partial charge in [-0.3, -0.25) is 24.0 Å². The molecule has 0 aromatic carbocycles. The van der Waals surface area contributed by atoms with E-state index in [1.807, 2.05) is 0 Å². The van der Waals surface area contributed by atoms with Crippen molar-refractivity contribution < 1.29 is 157 Å². The summed E-state index contributed by atoms with van der Waals surface area (Å²) in [5.41, 5.74) is 8.22. The zero-order chi connectivity index (χ0) is 74.6. The molecule has 0 aliphatic carbocycles. The van der Waals surface area contributed by atoms with Crippen LogP contribution in [0, 0.1) is 0 Å². The molecule has 0 aromatic rings. The van der Waals surface area contributed by atoms with E-state index < -0.39 is 35.6 Å². The van der Waals surface area contributed by atoms with Gasteiger partial charge < -0.3 is 128 Å². The van der Waals surface area contributed by atoms with Crippen molar-refractivity contribution in [3.63, 3.8) is 0 Å². The molecule has 0 atom stereocenters. The number of ether oxygens (including phenoxy) is 24. The van der Waals surface area contributed by atoms with Gasteiger partial charge in [-0.2, -0.15) is 0 Å². The predicted octanol–water partition coefficient (Wildman–Crippen LogP) is -0.0916. The zero-order valence-corrected chi connectivity index (χ0v) is 60.7. The standard InChI is InChI=1S/C65H116N6O33/c66-68-67-8-14-82-20-26-88-32-38-94-44-50-100-56-53-97-47-41-91-35-29-85-23-17-79-11-5-59(72)69(9-15-83-21-27-89-33-39-95-45-51-101-57-54-98-48-42-92-36-30-86-24-18-80-12-6-64(77)103-70-60(73)1-2-61(70)74)10-16-84-22-28-90-34-40-96-46-52-102-58-55-99-49-43-93-37-31-87-25-19-81-13-7-65(78)104-71-62(75)3-4-63(71)76/h1-58H2. The van der Waals surface area contributed by atoms with Gasteiger partial charge in [-0.15, -0.1) is 10.1 Å². The highest BCUT2D eigenvalue weighted by Crippen LogP contribution is 2.14. The SMILES string of the molecule is [N-]=[N+]=NCCOCCOCCOCCOCCOCCOCCOCCOCCC(=O)N(CCOCCOCCOCCOCCOCCOCCOCCOCCC(=O)ON1C(=O)CCC1=O)CCOCCOCCOCCOCCOCCOCCOCCOCCC(=O)ON1C(=O)CCC1=O. The molecule has 2 rings (SSSR count). The zero-order valence-electron chi connectivity index (χ0n) is 60.7. The summed E-state index contributed by atoms with van der Waals surface area (Å²) in [6.07, 6.45) is 0.113. The Kier molecular flexibility index (Phi) is 68.5. The van der Waals surface area contributed by atoms with Crippen LogP contribution in [0.1, 0.15) is 44.9 Å². The molecule has 0 spiro atoms. The maximum atomic E-state index is 13.3. The number of hydrogen-bond acceptors (Lipinski definition) is 34. The van der Waals surface area contributed by atoms with Gasteiger partial charge in [-0.05, 0) is 5.53 Å². The van der Waals surface area contributed by atoms with Crippen LogP contribution in [0.25, 0.3) is 10.4 Å². The fourth-order valence-corrected chi connectivity index (χ4v) is 8.02. The van der Waals surface area contributed by atoms with E-state index in [1.54, 1.807) is 4.90 Å². The molecule has 0 unspecified atom stereocenters. The number of imide groups is 2. The number of carbonyl (C=O) groups is 7. The van der Waals surface area contributed by atoms with Crippen molar-refractivity contribution in [1.82, 2.24) is 15.0 Å². The van der Waals surface area contributed by atoms with E-state index in [-0.39, 0.29) is 83.9 Å². The second-order valence-electron chi connectivity index (χ2n) is 21.4. The van der Waals surface area contributed by atoms with Crippen LogP contribution in [0.15, 0.2) is 5.11 Å². The quantitative estimate of drug-likeness (QED) is 0.0252. The molecule has 5 amide bonds. The highest BCUT2D eigenvalue weighted by Gasteiger charge is 2.34. The van der Waals surface area contributed by atoms with E-state index in [0.29, 0.717) is 314 Å². The number of amides is 5. The van der Waals surface area contributed by atoms with Crippen LogP contribution in [0.5, 0.6) is 0 Å². The first-order chi connectivity index (χ1) is 51.2. The average Bonchev–Trinajstić information content (AvgIpc) is 1.74. The third-order valence-corrected chi connectivity index (χ3v) is 13.3. The molecule has 104 heavy (non-hydrogen) atoms. The Bertz CT molecular complexity index is 2000. The number of carbonyl (C=O) groups excluding carboxylic acids is 7. The summed E-state index contributed by atoms with van der Waals surface area (Å²) in [4.78, 5) is 96.7. The van der Waals surface area contributed by atoms with Crippen LogP contribution in [-0.4, -0.2) is 393 Å². The van der Waals surface area contributed by atoms with Crippen LogP contribution in [-0.2, 0) is 157 Å². The third kappa shape index (κ3) is 62.1. The van der Waals surface area contributed by atoms with Crippen molar-refractivity contribution in [3.05, 3.63) is 10.4 Å². The van der Waals surface area contributed by atoms with Gasteiger partial charge in [0.05, 0.1) is 336 Å². The first kappa shape index (κ1) is 95.1. The van der Waals surface area contributed by atoms with E-state index in [2.05, 4.69) is 10.0 Å². The summed E-state index contributed by atoms with van der Waals surface area (Å²) >= 11 is 0. The lowest BCUT2D eigenvalue weighted by atomic mass is 10.3. The Morgan fingerprint density at radius 3 is 0.644 bits per heavy atom. The summed E-state index contributed by atoms with van der Waals surface area (Å²) in [7, 11) is 0. The van der Waals surface area contributed by atoms with Gasteiger partial charge in [0, 0.05) is 50.2 Å². The molecule has 2 saturated heterocycles. The monoisotopic (exact) mass is 1510 g/mol. The molecular weight excluding hydrogens is 1390 g/mol. The van der Waals surface area contributed by atoms with Crippen LogP contribution in [0.4, 0.5) is 0 Å². The highest BCUT2D eigenvalue weighted by atomic mass is 16.7. The average molecular weight is 1510 g/mol. The molecular formula is C65H116N6O33. The largest absolute Gasteiger partial charge is 0.379 e. The van der Waals surface area contributed by atoms with E-state index >= 15 is 0 Å². The molecule has 0 aromatic heterocycles. The Balaban J connectivity index is 1.44. The molecule has 39 heteroatoms. The smallest absolute Gasteiger partial charge is 0.335 e. The van der Waals surface area contributed by atoms with E-state index in [4.69, 9.17) is 129 Å². The maximum Gasteiger partial charge on any atom is 0.335 e. The highest BCUT2D eigenvalue weighted by molar-refractivity contribution is 6.02. The minimum Gasteiger partial charge on any atom is -0.379 e. The van der Waals surface area contributed by atoms with Crippen LogP contribution in [0.2, 0.25) is 0 Å². The van der Waals surface area contributed by atoms with Gasteiger partial charge in [0.25, 0.3) is 23.6 Å². The van der Waals surface area contributed by atoms with Gasteiger partial charge in [0.2, 0.25) is 5.91 Å². The van der Waals surface area contributed by atoms with Crippen LogP contribution in [0.3, 0.4) is 0 Å². The van der Waals surface area contributed by atoms with Crippen LogP contribution >= 0.6 is 0 Å². The molecule has 0 N–H and O–H groups in total. The maximum absolute atomic E-state index is 13.3. The van der Waals surface area contributed by atoms with Gasteiger partial charge in [0.1, 0.15) is 0 Å². The number of nitrogens with zero attached hydrogens (tertiary/aromatic N) is 6. The van der Waals surface area contributed by atoms with Gasteiger partial charge in [0.15, 0.2) is 0 Å². The molecule has 2 heterocycles. The summed E-state index contributed by atoms with van der Waals surface area (Å²) < 4.78 is 133. The second-order valence-corrected chi connectivity index (χ2v) is 21.4. The van der Waals surface area contributed by atoms with Crippen molar-refractivity contribution in [1.29, 1.82) is 0 Å². The second kappa shape index (κ2) is 74.9. The fourth-order valence-electron chi connectivity index (χ4n) is 8.02. The summed E-state index contributed by atoms with van der Waals surface area (Å²) in [6, 6.07) is 0. The molecule has 2 aliphatic rings. The number of hydroxylamine groups is 4. The Morgan fingerprint density at radius 2 is 0.442 bits per heavy atom. The predicted molar refractivity (Wildman–Crippen MR) is 358 cm³/mol. The van der Waals surface area contributed by atoms with E-state index in [1.165, 1.54) is 0 Å². The molecule has 39 nitrogen and oxygen atoms in total. The number of hydrogen-bond donors (Lipinski definition) is 0. The van der Waals surface area contributed by atoms with E-state index in [9.17, 15) is 33.6 Å². The van der Waals surface area contributed by atoms with Gasteiger partial charge in [-0.25, -0.2) is 9.59 Å². The van der Waals surface area contributed by atoms with Crippen molar-refractivity contribution in [3.8, 4) is 0 Å². The molecule has 2 aliphatic heterocycles. The normalized spacial score (nSPS) is 13.1. The Hall–Kier alpha value is -4.96. The summed E-state index contributed by atoms with van der Waals surface area (Å²) in [6.45, 7) is 18.3. The lowest BCUT2D eigenvalue weighted by Gasteiger charge is -2.23. The van der Waals surface area contributed by atoms with E-state index in [0.717, 1.165) is 0 Å². The van der Waals surface area contributed by atoms with Crippen molar-refractivity contribution >= 4 is 41.5 Å². The molecule has 0 saturated carbocycles. The van der Waals surface area contributed by atoms with Gasteiger partial charge in [-0.1, -0.05) is 5.11 Å². The summed E-state index contributed by atoms with van der Waals surface area (Å²) in [5, 5.41) is 4.40. The van der Waals surface area contributed by atoms with Gasteiger partial charge >= 0.3 is 11.9 Å². The first-order valence-electron chi connectivity index (χ1n) is 35.5. The van der Waals surface area contributed by atoms with Crippen LogP contribution < -0.4 is 0 Å². The Labute approximate surface area is 608 Å². The molecule has 0 radical (unpaired) electrons. The molecule has 0 bridgehead atoms. The molecule has 604 valence electrons.